The molecule has 0 fully saturated rings. The van der Waals surface area contributed by atoms with Crippen LogP contribution in [0.15, 0.2) is 36.4 Å². The van der Waals surface area contributed by atoms with Crippen molar-refractivity contribution < 1.29 is 27.8 Å². The molecule has 0 spiro atoms. The lowest BCUT2D eigenvalue weighted by Crippen LogP contribution is -2.45. The van der Waals surface area contributed by atoms with Crippen molar-refractivity contribution in [1.82, 2.24) is 0 Å². The van der Waals surface area contributed by atoms with Crippen molar-refractivity contribution in [1.29, 1.82) is 0 Å². The van der Waals surface area contributed by atoms with Crippen molar-refractivity contribution in [3.8, 4) is 11.1 Å². The zero-order valence-corrected chi connectivity index (χ0v) is 21.0. The van der Waals surface area contributed by atoms with Gasteiger partial charge in [-0.25, -0.2) is 13.2 Å². The van der Waals surface area contributed by atoms with E-state index in [0.717, 1.165) is 24.8 Å². The van der Waals surface area contributed by atoms with Gasteiger partial charge >= 0.3 is 0 Å². The van der Waals surface area contributed by atoms with E-state index in [2.05, 4.69) is 6.92 Å². The van der Waals surface area contributed by atoms with E-state index >= 15 is 0 Å². The van der Waals surface area contributed by atoms with Crippen molar-refractivity contribution in [3.63, 3.8) is 0 Å². The zero-order chi connectivity index (χ0) is 25.3. The van der Waals surface area contributed by atoms with Crippen LogP contribution in [0.1, 0.15) is 91.0 Å². The topological polar surface area (TPSA) is 38.7 Å². The summed E-state index contributed by atoms with van der Waals surface area (Å²) in [4.78, 5) is 0. The second kappa shape index (κ2) is 13.3. The lowest BCUT2D eigenvalue weighted by atomic mass is 9.89. The molecule has 1 N–H and O–H groups in total. The molecular formula is C28H39F3O3. The highest BCUT2D eigenvalue weighted by molar-refractivity contribution is 5.65. The van der Waals surface area contributed by atoms with Crippen LogP contribution in [0.2, 0.25) is 0 Å². The van der Waals surface area contributed by atoms with Crippen LogP contribution < -0.4 is 0 Å². The van der Waals surface area contributed by atoms with Crippen molar-refractivity contribution in [2.75, 3.05) is 0 Å². The van der Waals surface area contributed by atoms with Gasteiger partial charge in [-0.2, -0.15) is 0 Å². The Morgan fingerprint density at radius 1 is 0.794 bits per heavy atom. The van der Waals surface area contributed by atoms with Crippen LogP contribution in [0.4, 0.5) is 13.2 Å². The molecule has 2 aromatic rings. The summed E-state index contributed by atoms with van der Waals surface area (Å²) in [5, 5.41) is 11.5. The van der Waals surface area contributed by atoms with E-state index in [9.17, 15) is 18.3 Å². The van der Waals surface area contributed by atoms with Gasteiger partial charge in [-0.05, 0) is 45.2 Å². The standard InChI is InChI=1S/C28H39F3O3/c1-6-7-8-9-10-11-12-24(28(32,33-19(2)3)34-20(4)5)21-13-15-22(16-14-21)27-25(30)17-23(29)18-26(27)31/h13-20,24,32H,6-12H2,1-5H3. The molecule has 0 saturated carbocycles. The number of aliphatic hydroxyl groups is 1. The number of hydrogen-bond acceptors (Lipinski definition) is 3. The van der Waals surface area contributed by atoms with Gasteiger partial charge in [0.2, 0.25) is 0 Å². The lowest BCUT2D eigenvalue weighted by molar-refractivity contribution is -0.393. The Labute approximate surface area is 202 Å². The highest BCUT2D eigenvalue weighted by Crippen LogP contribution is 2.38. The maximum Gasteiger partial charge on any atom is 0.288 e. The fourth-order valence-corrected chi connectivity index (χ4v) is 4.26. The van der Waals surface area contributed by atoms with Gasteiger partial charge in [0.15, 0.2) is 0 Å². The van der Waals surface area contributed by atoms with Gasteiger partial charge in [0, 0.05) is 12.1 Å². The number of halogens is 3. The molecule has 0 bridgehead atoms. The average Bonchev–Trinajstić information content (AvgIpc) is 2.72. The first kappa shape index (κ1) is 28.3. The summed E-state index contributed by atoms with van der Waals surface area (Å²) < 4.78 is 53.6. The summed E-state index contributed by atoms with van der Waals surface area (Å²) in [6.07, 6.45) is 6.66. The molecule has 6 heteroatoms. The largest absolute Gasteiger partial charge is 0.343 e. The van der Waals surface area contributed by atoms with E-state index in [1.165, 1.54) is 19.3 Å². The van der Waals surface area contributed by atoms with Gasteiger partial charge in [0.1, 0.15) is 17.5 Å². The van der Waals surface area contributed by atoms with Crippen molar-refractivity contribution >= 4 is 0 Å². The molecule has 0 heterocycles. The maximum absolute atomic E-state index is 14.3. The van der Waals surface area contributed by atoms with E-state index in [1.807, 2.05) is 27.7 Å². The van der Waals surface area contributed by atoms with E-state index < -0.39 is 29.3 Å². The predicted octanol–water partition coefficient (Wildman–Crippen LogP) is 8.10. The second-order valence-electron chi connectivity index (χ2n) is 9.44. The molecule has 0 saturated heterocycles. The Morgan fingerprint density at radius 2 is 1.29 bits per heavy atom. The number of rotatable bonds is 14. The Bertz CT molecular complexity index is 848. The minimum atomic E-state index is -1.85. The SMILES string of the molecule is CCCCCCCCC(c1ccc(-c2c(F)cc(F)cc2F)cc1)C(O)(OC(C)C)OC(C)C. The van der Waals surface area contributed by atoms with Gasteiger partial charge in [0.05, 0.1) is 23.7 Å². The Hall–Kier alpha value is -1.89. The summed E-state index contributed by atoms with van der Waals surface area (Å²) in [6, 6.07) is 7.93. The van der Waals surface area contributed by atoms with Crippen LogP contribution in [-0.4, -0.2) is 23.3 Å². The normalized spacial score (nSPS) is 13.1. The number of ether oxygens (including phenoxy) is 2. The van der Waals surface area contributed by atoms with Crippen LogP contribution in [0.3, 0.4) is 0 Å². The second-order valence-corrected chi connectivity index (χ2v) is 9.44. The van der Waals surface area contributed by atoms with Crippen LogP contribution in [-0.2, 0) is 9.47 Å². The first-order chi connectivity index (χ1) is 16.1. The molecule has 34 heavy (non-hydrogen) atoms. The predicted molar refractivity (Wildman–Crippen MR) is 130 cm³/mol. The summed E-state index contributed by atoms with van der Waals surface area (Å²) >= 11 is 0. The fourth-order valence-electron chi connectivity index (χ4n) is 4.26. The fraction of sp³-hybridized carbons (Fsp3) is 0.571. The maximum atomic E-state index is 14.3. The molecule has 0 aliphatic rings. The van der Waals surface area contributed by atoms with Crippen molar-refractivity contribution in [2.45, 2.75) is 104 Å². The summed E-state index contributed by atoms with van der Waals surface area (Å²) in [5.41, 5.74) is 0.742. The van der Waals surface area contributed by atoms with Crippen LogP contribution in [0.25, 0.3) is 11.1 Å². The molecule has 0 aliphatic heterocycles. The minimum Gasteiger partial charge on any atom is -0.343 e. The monoisotopic (exact) mass is 480 g/mol. The van der Waals surface area contributed by atoms with Crippen LogP contribution >= 0.6 is 0 Å². The molecule has 190 valence electrons. The smallest absolute Gasteiger partial charge is 0.288 e. The number of benzene rings is 2. The highest BCUT2D eigenvalue weighted by Gasteiger charge is 2.42. The van der Waals surface area contributed by atoms with E-state index in [0.29, 0.717) is 18.6 Å². The molecule has 2 aromatic carbocycles. The molecule has 1 unspecified atom stereocenters. The van der Waals surface area contributed by atoms with Gasteiger partial charge in [0.25, 0.3) is 5.97 Å². The first-order valence-corrected chi connectivity index (χ1v) is 12.4. The molecule has 0 radical (unpaired) electrons. The third-order valence-electron chi connectivity index (χ3n) is 5.70. The molecule has 2 rings (SSSR count). The molecule has 0 aromatic heterocycles. The average molecular weight is 481 g/mol. The number of unbranched alkanes of at least 4 members (excludes halogenated alkanes) is 5. The van der Waals surface area contributed by atoms with Crippen molar-refractivity contribution in [2.24, 2.45) is 0 Å². The summed E-state index contributed by atoms with van der Waals surface area (Å²) in [7, 11) is 0. The molecular weight excluding hydrogens is 441 g/mol. The highest BCUT2D eigenvalue weighted by atomic mass is 19.1. The molecule has 3 nitrogen and oxygen atoms in total. The first-order valence-electron chi connectivity index (χ1n) is 12.4. The quantitative estimate of drug-likeness (QED) is 0.219. The Kier molecular flexibility index (Phi) is 11.1. The van der Waals surface area contributed by atoms with Gasteiger partial charge < -0.3 is 14.6 Å². The van der Waals surface area contributed by atoms with Crippen LogP contribution in [0.5, 0.6) is 0 Å². The zero-order valence-electron chi connectivity index (χ0n) is 21.0. The van der Waals surface area contributed by atoms with Gasteiger partial charge in [-0.1, -0.05) is 69.7 Å². The third-order valence-corrected chi connectivity index (χ3v) is 5.70. The summed E-state index contributed by atoms with van der Waals surface area (Å²) in [6.45, 7) is 9.51. The third kappa shape index (κ3) is 8.10. The molecule has 0 aliphatic carbocycles. The Balaban J connectivity index is 2.35. The number of hydrogen-bond donors (Lipinski definition) is 1. The molecule has 1 atom stereocenters. The van der Waals surface area contributed by atoms with Gasteiger partial charge in [-0.15, -0.1) is 0 Å². The molecule has 0 amide bonds. The Morgan fingerprint density at radius 3 is 1.79 bits per heavy atom. The van der Waals surface area contributed by atoms with Crippen molar-refractivity contribution in [3.05, 3.63) is 59.4 Å². The van der Waals surface area contributed by atoms with E-state index in [4.69, 9.17) is 9.47 Å². The van der Waals surface area contributed by atoms with Crippen LogP contribution in [0, 0.1) is 17.5 Å². The summed E-state index contributed by atoms with van der Waals surface area (Å²) in [5.74, 6) is -5.23. The minimum absolute atomic E-state index is 0.280. The van der Waals surface area contributed by atoms with E-state index in [-0.39, 0.29) is 23.3 Å². The van der Waals surface area contributed by atoms with E-state index in [1.54, 1.807) is 24.3 Å². The van der Waals surface area contributed by atoms with Gasteiger partial charge in [-0.3, -0.25) is 0 Å². The lowest BCUT2D eigenvalue weighted by Gasteiger charge is -2.38.